The topological polar surface area (TPSA) is 27.6 Å². The van der Waals surface area contributed by atoms with Crippen LogP contribution in [0.15, 0.2) is 58.0 Å². The molecular weight excluding hydrogens is 426 g/mol. The molecule has 1 atom stereocenters. The fourth-order valence-electron chi connectivity index (χ4n) is 2.28. The number of benzene rings is 2. The van der Waals surface area contributed by atoms with E-state index in [4.69, 9.17) is 28.8 Å². The van der Waals surface area contributed by atoms with Gasteiger partial charge in [0.25, 0.3) is 0 Å². The molecule has 2 aromatic carbocycles. The first kappa shape index (κ1) is 17.7. The van der Waals surface area contributed by atoms with E-state index in [-0.39, 0.29) is 0 Å². The van der Waals surface area contributed by atoms with Gasteiger partial charge in [-0.05, 0) is 58.5 Å². The Morgan fingerprint density at radius 1 is 1.33 bits per heavy atom. The zero-order chi connectivity index (χ0) is 17.1. The maximum absolute atomic E-state index is 6.03. The van der Waals surface area contributed by atoms with Crippen molar-refractivity contribution in [1.82, 2.24) is 4.90 Å². The lowest BCUT2D eigenvalue weighted by atomic mass is 10.3. The molecule has 0 bridgehead atoms. The van der Waals surface area contributed by atoms with Crippen molar-refractivity contribution < 1.29 is 0 Å². The number of para-hydroxylation sites is 1. The molecule has 0 radical (unpaired) electrons. The molecule has 1 aliphatic heterocycles. The normalized spacial score (nSPS) is 18.9. The van der Waals surface area contributed by atoms with E-state index in [1.54, 1.807) is 11.8 Å². The van der Waals surface area contributed by atoms with Crippen LogP contribution in [0.5, 0.6) is 0 Å². The molecule has 0 saturated carbocycles. The van der Waals surface area contributed by atoms with Crippen LogP contribution in [0.2, 0.25) is 5.02 Å². The highest BCUT2D eigenvalue weighted by molar-refractivity contribution is 9.10. The average molecular weight is 441 g/mol. The Balaban J connectivity index is 1.82. The Kier molecular flexibility index (Phi) is 5.81. The maximum Gasteiger partial charge on any atom is 0.179 e. The summed E-state index contributed by atoms with van der Waals surface area (Å²) >= 11 is 16.9. The smallest absolute Gasteiger partial charge is 0.179 e. The largest absolute Gasteiger partial charge is 0.332 e. The number of rotatable bonds is 2. The summed E-state index contributed by atoms with van der Waals surface area (Å²) in [7, 11) is 0. The number of hydrogen-bond donors (Lipinski definition) is 1. The lowest BCUT2D eigenvalue weighted by molar-refractivity contribution is 0.641. The molecule has 1 heterocycles. The van der Waals surface area contributed by atoms with Crippen LogP contribution < -0.4 is 5.32 Å². The fourth-order valence-corrected chi connectivity index (χ4v) is 4.20. The first-order valence-corrected chi connectivity index (χ1v) is 9.83. The van der Waals surface area contributed by atoms with E-state index < -0.39 is 0 Å². The van der Waals surface area contributed by atoms with Crippen molar-refractivity contribution in [3.05, 3.63) is 58.0 Å². The molecule has 1 saturated heterocycles. The highest BCUT2D eigenvalue weighted by atomic mass is 79.9. The van der Waals surface area contributed by atoms with Crippen LogP contribution in [-0.2, 0) is 0 Å². The van der Waals surface area contributed by atoms with Gasteiger partial charge in [-0.2, -0.15) is 0 Å². The second-order valence-electron chi connectivity index (χ2n) is 5.33. The second-order valence-corrected chi connectivity index (χ2v) is 8.41. The molecule has 3 rings (SSSR count). The summed E-state index contributed by atoms with van der Waals surface area (Å²) in [4.78, 5) is 6.81. The second kappa shape index (κ2) is 7.87. The molecule has 24 heavy (non-hydrogen) atoms. The number of nitrogens with zero attached hydrogens (tertiary/aromatic N) is 2. The number of thioether (sulfide) groups is 1. The number of halogens is 2. The zero-order valence-corrected chi connectivity index (χ0v) is 16.8. The Morgan fingerprint density at radius 2 is 2.12 bits per heavy atom. The highest BCUT2D eigenvalue weighted by Crippen LogP contribution is 2.32. The van der Waals surface area contributed by atoms with Gasteiger partial charge in [0.1, 0.15) is 0 Å². The lowest BCUT2D eigenvalue weighted by Crippen LogP contribution is -2.36. The maximum atomic E-state index is 6.03. The molecule has 3 nitrogen and oxygen atoms in total. The first-order valence-electron chi connectivity index (χ1n) is 7.37. The molecule has 124 valence electrons. The molecule has 0 spiro atoms. The Labute approximate surface area is 164 Å². The van der Waals surface area contributed by atoms with Crippen molar-refractivity contribution in [1.29, 1.82) is 0 Å². The van der Waals surface area contributed by atoms with Gasteiger partial charge in [0.05, 0.1) is 5.69 Å². The van der Waals surface area contributed by atoms with Gasteiger partial charge in [-0.1, -0.05) is 48.5 Å². The first-order chi connectivity index (χ1) is 11.5. The summed E-state index contributed by atoms with van der Waals surface area (Å²) in [5.74, 6) is 0. The van der Waals surface area contributed by atoms with Gasteiger partial charge in [0.2, 0.25) is 0 Å². The average Bonchev–Trinajstić information content (AvgIpc) is 2.90. The third kappa shape index (κ3) is 4.30. The summed E-state index contributed by atoms with van der Waals surface area (Å²) in [6, 6.07) is 15.4. The van der Waals surface area contributed by atoms with Crippen LogP contribution >= 0.6 is 51.5 Å². The zero-order valence-electron chi connectivity index (χ0n) is 12.9. The van der Waals surface area contributed by atoms with E-state index in [0.29, 0.717) is 15.4 Å². The molecule has 7 heteroatoms. The van der Waals surface area contributed by atoms with Crippen molar-refractivity contribution >= 4 is 73.2 Å². The van der Waals surface area contributed by atoms with Crippen LogP contribution in [0.25, 0.3) is 0 Å². The van der Waals surface area contributed by atoms with E-state index in [1.165, 1.54) is 0 Å². The van der Waals surface area contributed by atoms with E-state index in [1.807, 2.05) is 53.4 Å². The summed E-state index contributed by atoms with van der Waals surface area (Å²) in [5.41, 5.74) is 1.77. The molecule has 1 unspecified atom stereocenters. The monoisotopic (exact) mass is 439 g/mol. The van der Waals surface area contributed by atoms with Gasteiger partial charge in [0.15, 0.2) is 10.3 Å². The van der Waals surface area contributed by atoms with E-state index in [0.717, 1.165) is 27.6 Å². The minimum atomic E-state index is 0.422. The number of amidine groups is 1. The summed E-state index contributed by atoms with van der Waals surface area (Å²) < 4.78 is 0.964. The van der Waals surface area contributed by atoms with Gasteiger partial charge in [-0.15, -0.1) is 0 Å². The quantitative estimate of drug-likeness (QED) is 0.586. The Morgan fingerprint density at radius 3 is 2.88 bits per heavy atom. The Hall–Kier alpha value is -1.08. The molecule has 1 aliphatic rings. The molecule has 1 N–H and O–H groups in total. The van der Waals surface area contributed by atoms with E-state index in [9.17, 15) is 0 Å². The van der Waals surface area contributed by atoms with Gasteiger partial charge >= 0.3 is 0 Å². The van der Waals surface area contributed by atoms with Gasteiger partial charge in [-0.3, -0.25) is 4.90 Å². The van der Waals surface area contributed by atoms with Gasteiger partial charge < -0.3 is 5.32 Å². The van der Waals surface area contributed by atoms with Crippen molar-refractivity contribution in [2.75, 3.05) is 11.9 Å². The third-order valence-electron chi connectivity index (χ3n) is 3.37. The number of thiocarbonyl (C=S) groups is 1. The minimum Gasteiger partial charge on any atom is -0.332 e. The number of anilines is 1. The molecule has 2 aromatic rings. The predicted molar refractivity (Wildman–Crippen MR) is 113 cm³/mol. The van der Waals surface area contributed by atoms with Crippen molar-refractivity contribution in [2.24, 2.45) is 4.99 Å². The van der Waals surface area contributed by atoms with Crippen LogP contribution in [0, 0.1) is 0 Å². The molecule has 0 amide bonds. The van der Waals surface area contributed by atoms with Crippen LogP contribution in [0.1, 0.15) is 6.92 Å². The SMILES string of the molecule is CC1CN(C(=S)Nc2cccc(Cl)c2)C(=Nc2ccccc2Br)S1. The van der Waals surface area contributed by atoms with Crippen LogP contribution in [0.4, 0.5) is 11.4 Å². The van der Waals surface area contributed by atoms with Crippen LogP contribution in [-0.4, -0.2) is 27.0 Å². The summed E-state index contributed by atoms with van der Waals surface area (Å²) in [6.07, 6.45) is 0. The number of nitrogens with one attached hydrogen (secondary N) is 1. The molecular formula is C17H15BrClN3S2. The lowest BCUT2D eigenvalue weighted by Gasteiger charge is -2.20. The predicted octanol–water partition coefficient (Wildman–Crippen LogP) is 5.92. The molecule has 0 aliphatic carbocycles. The van der Waals surface area contributed by atoms with Crippen molar-refractivity contribution in [3.8, 4) is 0 Å². The number of hydrogen-bond acceptors (Lipinski definition) is 3. The summed E-state index contributed by atoms with van der Waals surface area (Å²) in [6.45, 7) is 2.99. The van der Waals surface area contributed by atoms with Gasteiger partial charge in [-0.25, -0.2) is 4.99 Å². The van der Waals surface area contributed by atoms with Crippen molar-refractivity contribution in [3.63, 3.8) is 0 Å². The molecule has 0 aromatic heterocycles. The fraction of sp³-hybridized carbons (Fsp3) is 0.176. The Bertz CT molecular complexity index is 797. The van der Waals surface area contributed by atoms with Crippen LogP contribution in [0.3, 0.4) is 0 Å². The standard InChI is InChI=1S/C17H15BrClN3S2/c1-11-10-22(16(23)20-13-6-4-5-12(19)9-13)17(24-11)21-15-8-3-2-7-14(15)18/h2-9,11H,10H2,1H3,(H,20,23). The minimum absolute atomic E-state index is 0.422. The third-order valence-corrected chi connectivity index (χ3v) is 5.67. The van der Waals surface area contributed by atoms with Crippen molar-refractivity contribution in [2.45, 2.75) is 12.2 Å². The van der Waals surface area contributed by atoms with E-state index in [2.05, 4.69) is 28.2 Å². The molecule has 1 fully saturated rings. The van der Waals surface area contributed by atoms with E-state index >= 15 is 0 Å². The number of aliphatic imine (C=N–C) groups is 1. The van der Waals surface area contributed by atoms with Gasteiger partial charge in [0, 0.05) is 27.0 Å². The summed E-state index contributed by atoms with van der Waals surface area (Å²) in [5, 5.41) is 5.86. The highest BCUT2D eigenvalue weighted by Gasteiger charge is 2.29.